The molecule has 2 N–H and O–H groups in total. The minimum absolute atomic E-state index is 0.119. The van der Waals surface area contributed by atoms with Crippen molar-refractivity contribution in [2.45, 2.75) is 32.7 Å². The van der Waals surface area contributed by atoms with Gasteiger partial charge in [-0.25, -0.2) is 4.79 Å². The summed E-state index contributed by atoms with van der Waals surface area (Å²) in [5.74, 6) is 1.48. The van der Waals surface area contributed by atoms with Crippen LogP contribution in [0.2, 0.25) is 0 Å². The van der Waals surface area contributed by atoms with Crippen LogP contribution in [0.3, 0.4) is 0 Å². The van der Waals surface area contributed by atoms with Gasteiger partial charge in [0.05, 0.1) is 20.3 Å². The van der Waals surface area contributed by atoms with E-state index < -0.39 is 6.09 Å². The van der Waals surface area contributed by atoms with Crippen LogP contribution in [0.15, 0.2) is 36.4 Å². The quantitative estimate of drug-likeness (QED) is 0.837. The molecule has 0 fully saturated rings. The van der Waals surface area contributed by atoms with E-state index in [1.165, 1.54) is 5.56 Å². The number of methoxy groups -OCH3 is 2. The fourth-order valence-corrected chi connectivity index (χ4v) is 3.68. The van der Waals surface area contributed by atoms with E-state index in [9.17, 15) is 9.90 Å². The number of carbonyl (C=O) groups is 1. The van der Waals surface area contributed by atoms with Crippen molar-refractivity contribution in [3.05, 3.63) is 47.5 Å². The van der Waals surface area contributed by atoms with Crippen molar-refractivity contribution in [1.82, 2.24) is 5.32 Å². The number of carboxylic acid groups (broad SMARTS) is 1. The molecule has 0 aromatic heterocycles. The maximum Gasteiger partial charge on any atom is 0.405 e. The third kappa shape index (κ3) is 3.47. The molecule has 3 rings (SSSR count). The molecule has 2 aromatic carbocycles. The summed E-state index contributed by atoms with van der Waals surface area (Å²) in [4.78, 5) is 11.3. The summed E-state index contributed by atoms with van der Waals surface area (Å²) in [5.41, 5.74) is 4.20. The molecule has 1 atom stereocenters. The van der Waals surface area contributed by atoms with Crippen molar-refractivity contribution in [3.63, 3.8) is 0 Å². The van der Waals surface area contributed by atoms with E-state index in [0.717, 1.165) is 41.0 Å². The van der Waals surface area contributed by atoms with Crippen LogP contribution in [0.25, 0.3) is 11.1 Å². The lowest BCUT2D eigenvalue weighted by molar-refractivity contribution is 0.161. The third-order valence-corrected chi connectivity index (χ3v) is 5.23. The molecule has 0 bridgehead atoms. The van der Waals surface area contributed by atoms with Crippen molar-refractivity contribution in [2.24, 2.45) is 5.41 Å². The van der Waals surface area contributed by atoms with Gasteiger partial charge in [0.2, 0.25) is 0 Å². The lowest BCUT2D eigenvalue weighted by atomic mass is 9.70. The van der Waals surface area contributed by atoms with E-state index in [1.807, 2.05) is 30.3 Å². The van der Waals surface area contributed by atoms with Gasteiger partial charge in [-0.3, -0.25) is 0 Å². The molecule has 1 amide bonds. The Labute approximate surface area is 153 Å². The number of amides is 1. The lowest BCUT2D eigenvalue weighted by Crippen LogP contribution is -2.40. The van der Waals surface area contributed by atoms with E-state index in [2.05, 4.69) is 25.2 Å². The molecule has 1 aliphatic carbocycles. The predicted octanol–water partition coefficient (Wildman–Crippen LogP) is 4.65. The minimum atomic E-state index is -0.988. The number of benzene rings is 2. The van der Waals surface area contributed by atoms with Gasteiger partial charge in [0.1, 0.15) is 11.5 Å². The molecular weight excluding hydrogens is 330 g/mol. The van der Waals surface area contributed by atoms with Crippen LogP contribution in [-0.4, -0.2) is 25.4 Å². The Morgan fingerprint density at radius 2 is 1.73 bits per heavy atom. The number of nitrogens with one attached hydrogen (secondary N) is 1. The van der Waals surface area contributed by atoms with Crippen molar-refractivity contribution < 1.29 is 19.4 Å². The second-order valence-corrected chi connectivity index (χ2v) is 7.39. The number of hydrogen-bond donors (Lipinski definition) is 2. The first-order chi connectivity index (χ1) is 12.3. The zero-order chi connectivity index (χ0) is 18.9. The van der Waals surface area contributed by atoms with Crippen LogP contribution in [-0.2, 0) is 6.42 Å². The van der Waals surface area contributed by atoms with Crippen LogP contribution in [0.4, 0.5) is 4.79 Å². The summed E-state index contributed by atoms with van der Waals surface area (Å²) in [6.07, 6.45) is 0.864. The largest absolute Gasteiger partial charge is 0.497 e. The Morgan fingerprint density at radius 3 is 2.31 bits per heavy atom. The maximum absolute atomic E-state index is 11.3. The van der Waals surface area contributed by atoms with Crippen molar-refractivity contribution >= 4 is 6.09 Å². The van der Waals surface area contributed by atoms with Gasteiger partial charge in [0.15, 0.2) is 0 Å². The fraction of sp³-hybridized carbons (Fsp3) is 0.381. The molecule has 0 heterocycles. The first-order valence-corrected chi connectivity index (χ1v) is 8.70. The van der Waals surface area contributed by atoms with Crippen molar-refractivity contribution in [3.8, 4) is 22.6 Å². The van der Waals surface area contributed by atoms with E-state index >= 15 is 0 Å². The van der Waals surface area contributed by atoms with Gasteiger partial charge in [0.25, 0.3) is 0 Å². The summed E-state index contributed by atoms with van der Waals surface area (Å²) >= 11 is 0. The molecule has 0 aliphatic heterocycles. The van der Waals surface area contributed by atoms with Gasteiger partial charge in [-0.15, -0.1) is 0 Å². The summed E-state index contributed by atoms with van der Waals surface area (Å²) < 4.78 is 10.7. The minimum Gasteiger partial charge on any atom is -0.497 e. The number of aryl methyl sites for hydroxylation is 1. The number of rotatable bonds is 4. The third-order valence-electron chi connectivity index (χ3n) is 5.23. The average Bonchev–Trinajstić information content (AvgIpc) is 2.63. The molecule has 0 saturated carbocycles. The molecule has 26 heavy (non-hydrogen) atoms. The predicted molar refractivity (Wildman–Crippen MR) is 101 cm³/mol. The summed E-state index contributed by atoms with van der Waals surface area (Å²) in [6, 6.07) is 11.8. The first kappa shape index (κ1) is 18.1. The van der Waals surface area contributed by atoms with Gasteiger partial charge in [-0.2, -0.15) is 0 Å². The van der Waals surface area contributed by atoms with Gasteiger partial charge < -0.3 is 19.9 Å². The lowest BCUT2D eigenvalue weighted by Gasteiger charge is -2.40. The number of hydrogen-bond acceptors (Lipinski definition) is 3. The van der Waals surface area contributed by atoms with Crippen LogP contribution in [0, 0.1) is 5.41 Å². The van der Waals surface area contributed by atoms with Gasteiger partial charge in [0, 0.05) is 6.07 Å². The molecule has 0 saturated heterocycles. The van der Waals surface area contributed by atoms with E-state index in [0.29, 0.717) is 0 Å². The molecule has 0 radical (unpaired) electrons. The summed E-state index contributed by atoms with van der Waals surface area (Å²) in [6.45, 7) is 4.22. The number of fused-ring (bicyclic) bond motifs is 1. The topological polar surface area (TPSA) is 67.8 Å². The highest BCUT2D eigenvalue weighted by Crippen LogP contribution is 2.44. The second kappa shape index (κ2) is 6.90. The molecule has 1 aliphatic rings. The van der Waals surface area contributed by atoms with Gasteiger partial charge >= 0.3 is 6.09 Å². The highest BCUT2D eigenvalue weighted by atomic mass is 16.5. The summed E-state index contributed by atoms with van der Waals surface area (Å²) in [5, 5.41) is 11.9. The Morgan fingerprint density at radius 1 is 1.08 bits per heavy atom. The average molecular weight is 355 g/mol. The van der Waals surface area contributed by atoms with Crippen LogP contribution >= 0.6 is 0 Å². The van der Waals surface area contributed by atoms with Crippen LogP contribution in [0.1, 0.15) is 37.4 Å². The Bertz CT molecular complexity index is 807. The van der Waals surface area contributed by atoms with E-state index in [1.54, 1.807) is 14.2 Å². The molecule has 2 aromatic rings. The molecule has 138 valence electrons. The fourth-order valence-electron chi connectivity index (χ4n) is 3.68. The van der Waals surface area contributed by atoms with Crippen molar-refractivity contribution in [2.75, 3.05) is 14.2 Å². The molecule has 5 nitrogen and oxygen atoms in total. The second-order valence-electron chi connectivity index (χ2n) is 7.39. The van der Waals surface area contributed by atoms with Crippen LogP contribution < -0.4 is 14.8 Å². The smallest absolute Gasteiger partial charge is 0.405 e. The highest BCUT2D eigenvalue weighted by molar-refractivity contribution is 5.70. The zero-order valence-corrected chi connectivity index (χ0v) is 15.6. The molecular formula is C21H25NO4. The maximum atomic E-state index is 11.3. The van der Waals surface area contributed by atoms with Gasteiger partial charge in [-0.05, 0) is 52.6 Å². The van der Waals surface area contributed by atoms with E-state index in [4.69, 9.17) is 9.47 Å². The SMILES string of the molecule is COc1cc(OC)cc(-c2ccc3c(c2)CCC(C)(C)[C@@H]3NC(=O)O)c1. The normalized spacial score (nSPS) is 17.9. The monoisotopic (exact) mass is 355 g/mol. The number of ether oxygens (including phenoxy) is 2. The van der Waals surface area contributed by atoms with Gasteiger partial charge in [-0.1, -0.05) is 32.0 Å². The standard InChI is InChI=1S/C21H25NO4/c1-21(2)8-7-14-9-13(5-6-18(14)19(21)22-20(23)24)15-10-16(25-3)12-17(11-15)26-4/h5-6,9-12,19,22H,7-8H2,1-4H3,(H,23,24)/t19-/m1/s1. The molecule has 0 unspecified atom stereocenters. The Balaban J connectivity index is 2.03. The van der Waals surface area contributed by atoms with E-state index in [-0.39, 0.29) is 11.5 Å². The molecule has 5 heteroatoms. The summed E-state index contributed by atoms with van der Waals surface area (Å²) in [7, 11) is 3.27. The zero-order valence-electron chi connectivity index (χ0n) is 15.6. The Hall–Kier alpha value is -2.69. The van der Waals surface area contributed by atoms with Crippen molar-refractivity contribution in [1.29, 1.82) is 0 Å². The van der Waals surface area contributed by atoms with Crippen LogP contribution in [0.5, 0.6) is 11.5 Å². The first-order valence-electron chi connectivity index (χ1n) is 8.70. The highest BCUT2D eigenvalue weighted by Gasteiger charge is 2.37. The Kier molecular flexibility index (Phi) is 4.81. The molecule has 0 spiro atoms.